The molecule has 0 saturated carbocycles. The van der Waals surface area contributed by atoms with Crippen LogP contribution in [0, 0.1) is 11.9 Å². The zero-order chi connectivity index (χ0) is 24.4. The van der Waals surface area contributed by atoms with Gasteiger partial charge >= 0.3 is 0 Å². The lowest BCUT2D eigenvalue weighted by atomic mass is 9.92. The van der Waals surface area contributed by atoms with E-state index in [4.69, 9.17) is 11.6 Å². The monoisotopic (exact) mass is 504 g/mol. The van der Waals surface area contributed by atoms with Crippen molar-refractivity contribution in [2.75, 3.05) is 13.1 Å². The lowest BCUT2D eigenvalue weighted by Crippen LogP contribution is -2.59. The molecule has 8 nitrogen and oxygen atoms in total. The number of carbonyl (C=O) groups is 1. The lowest BCUT2D eigenvalue weighted by Gasteiger charge is -2.49. The van der Waals surface area contributed by atoms with Crippen molar-refractivity contribution in [2.24, 2.45) is 0 Å². The highest BCUT2D eigenvalue weighted by Gasteiger charge is 2.47. The molecule has 183 valence electrons. The Kier molecular flexibility index (Phi) is 5.11. The molecule has 1 amide bonds. The van der Waals surface area contributed by atoms with Crippen LogP contribution in [0.4, 0.5) is 4.39 Å². The second-order valence-corrected chi connectivity index (χ2v) is 10.4. The van der Waals surface area contributed by atoms with Crippen molar-refractivity contribution in [3.63, 3.8) is 0 Å². The standard InChI is InChI=1S/C26H24ClFN7O/c27-22-4-1-15(7-23(22)28)26(36)35-17-2-3-18(35)9-19(8-17)33-12-20(13-33)34-11-16(10-32-34)24-21-5-6-29-25(21)31-14-30-24/h1,4-7,10-11,14,17-19H,2-3,8-9,12-13H2,(H,29,30,31). The summed E-state index contributed by atoms with van der Waals surface area (Å²) in [6, 6.07) is 8.41. The van der Waals surface area contributed by atoms with Gasteiger partial charge in [-0.05, 0) is 49.9 Å². The molecular formula is C26H24ClFN7O. The molecule has 6 heterocycles. The molecule has 3 aromatic heterocycles. The van der Waals surface area contributed by atoms with Crippen molar-refractivity contribution in [1.82, 2.24) is 34.5 Å². The van der Waals surface area contributed by atoms with Crippen molar-refractivity contribution >= 4 is 28.5 Å². The Morgan fingerprint density at radius 2 is 1.89 bits per heavy atom. The molecule has 2 unspecified atom stereocenters. The number of benzene rings is 1. The molecule has 7 rings (SSSR count). The minimum atomic E-state index is -0.549. The molecule has 2 bridgehead atoms. The van der Waals surface area contributed by atoms with Gasteiger partial charge in [0.05, 0.1) is 16.9 Å². The molecule has 3 fully saturated rings. The quantitative estimate of drug-likeness (QED) is 0.451. The molecule has 1 N–H and O–H groups in total. The first-order valence-corrected chi connectivity index (χ1v) is 12.6. The maximum atomic E-state index is 13.9. The molecule has 0 aliphatic carbocycles. The average molecular weight is 505 g/mol. The van der Waals surface area contributed by atoms with Gasteiger partial charge in [-0.2, -0.15) is 5.10 Å². The Bertz CT molecular complexity index is 1450. The van der Waals surface area contributed by atoms with E-state index in [0.29, 0.717) is 11.6 Å². The summed E-state index contributed by atoms with van der Waals surface area (Å²) in [5.41, 5.74) is 3.03. The molecule has 0 spiro atoms. The summed E-state index contributed by atoms with van der Waals surface area (Å²) in [5.74, 6) is -0.634. The summed E-state index contributed by atoms with van der Waals surface area (Å²) in [5, 5.41) is 5.62. The third-order valence-electron chi connectivity index (χ3n) is 7.93. The molecule has 3 aliphatic heterocycles. The van der Waals surface area contributed by atoms with E-state index in [1.54, 1.807) is 12.4 Å². The summed E-state index contributed by atoms with van der Waals surface area (Å²) in [7, 11) is 0. The zero-order valence-corrected chi connectivity index (χ0v) is 20.2. The Labute approximate surface area is 212 Å². The van der Waals surface area contributed by atoms with Gasteiger partial charge < -0.3 is 9.88 Å². The van der Waals surface area contributed by atoms with Crippen LogP contribution in [0.2, 0.25) is 5.02 Å². The highest BCUT2D eigenvalue weighted by atomic mass is 35.5. The van der Waals surface area contributed by atoms with Crippen LogP contribution < -0.4 is 0 Å². The van der Waals surface area contributed by atoms with Gasteiger partial charge in [0.1, 0.15) is 23.8 Å². The topological polar surface area (TPSA) is 82.9 Å². The third-order valence-corrected chi connectivity index (χ3v) is 8.24. The van der Waals surface area contributed by atoms with E-state index < -0.39 is 5.82 Å². The SMILES string of the molecule is O=C(c1ccc(Cl)c(F)c1)N1C2CCC1CC(N1C[C](n3cc(-c4ncnc5[nH]ccc45)cn3)C1)C2. The molecular weight excluding hydrogens is 481 g/mol. The fourth-order valence-electron chi connectivity index (χ4n) is 6.10. The smallest absolute Gasteiger partial charge is 0.254 e. The maximum absolute atomic E-state index is 13.9. The van der Waals surface area contributed by atoms with Crippen LogP contribution >= 0.6 is 11.6 Å². The number of H-pyrrole nitrogens is 1. The first kappa shape index (κ1) is 21.9. The van der Waals surface area contributed by atoms with Crippen LogP contribution in [-0.4, -0.2) is 71.7 Å². The van der Waals surface area contributed by atoms with Gasteiger partial charge in [-0.15, -0.1) is 0 Å². The van der Waals surface area contributed by atoms with Gasteiger partial charge in [0.15, 0.2) is 0 Å². The number of nitrogens with zero attached hydrogens (tertiary/aromatic N) is 6. The number of rotatable bonds is 4. The number of hydrogen-bond donors (Lipinski definition) is 1. The third kappa shape index (κ3) is 3.52. The predicted molar refractivity (Wildman–Crippen MR) is 133 cm³/mol. The van der Waals surface area contributed by atoms with Gasteiger partial charge in [0.2, 0.25) is 0 Å². The lowest BCUT2D eigenvalue weighted by molar-refractivity contribution is 0.0275. The number of carbonyl (C=O) groups excluding carboxylic acids is 1. The molecule has 1 aromatic carbocycles. The summed E-state index contributed by atoms with van der Waals surface area (Å²) in [4.78, 5) is 29.5. The maximum Gasteiger partial charge on any atom is 0.254 e. The number of hydrogen-bond acceptors (Lipinski definition) is 5. The number of amides is 1. The van der Waals surface area contributed by atoms with E-state index in [9.17, 15) is 9.18 Å². The van der Waals surface area contributed by atoms with Crippen molar-refractivity contribution < 1.29 is 9.18 Å². The summed E-state index contributed by atoms with van der Waals surface area (Å²) in [6.07, 6.45) is 11.2. The summed E-state index contributed by atoms with van der Waals surface area (Å²) >= 11 is 5.80. The second kappa shape index (κ2) is 8.38. The molecule has 10 heteroatoms. The van der Waals surface area contributed by atoms with E-state index >= 15 is 0 Å². The second-order valence-electron chi connectivity index (χ2n) is 9.96. The Morgan fingerprint density at radius 1 is 1.08 bits per heavy atom. The van der Waals surface area contributed by atoms with Crippen LogP contribution in [0.25, 0.3) is 22.3 Å². The first-order chi connectivity index (χ1) is 17.5. The largest absolute Gasteiger partial charge is 0.346 e. The summed E-state index contributed by atoms with van der Waals surface area (Å²) in [6.45, 7) is 1.73. The fraction of sp³-hybridized carbons (Fsp3) is 0.346. The van der Waals surface area contributed by atoms with Gasteiger partial charge in [0, 0.05) is 60.1 Å². The van der Waals surface area contributed by atoms with E-state index in [2.05, 4.69) is 25.0 Å². The van der Waals surface area contributed by atoms with Crippen LogP contribution in [0.1, 0.15) is 36.0 Å². The van der Waals surface area contributed by atoms with Gasteiger partial charge in [-0.1, -0.05) is 11.6 Å². The highest BCUT2D eigenvalue weighted by molar-refractivity contribution is 6.30. The van der Waals surface area contributed by atoms with Crippen LogP contribution in [-0.2, 0) is 0 Å². The number of likely N-dealkylation sites (tertiary alicyclic amines) is 1. The summed E-state index contributed by atoms with van der Waals surface area (Å²) < 4.78 is 15.9. The van der Waals surface area contributed by atoms with E-state index in [1.807, 2.05) is 34.2 Å². The van der Waals surface area contributed by atoms with E-state index in [-0.39, 0.29) is 23.0 Å². The molecule has 2 atom stereocenters. The number of aromatic nitrogens is 5. The Balaban J connectivity index is 1.01. The molecule has 4 aromatic rings. The van der Waals surface area contributed by atoms with Gasteiger partial charge in [0.25, 0.3) is 5.91 Å². The van der Waals surface area contributed by atoms with Crippen LogP contribution in [0.5, 0.6) is 0 Å². The number of halogens is 2. The van der Waals surface area contributed by atoms with Gasteiger partial charge in [-0.25, -0.2) is 14.4 Å². The molecule has 1 radical (unpaired) electrons. The minimum absolute atomic E-state index is 0.0390. The van der Waals surface area contributed by atoms with E-state index in [0.717, 1.165) is 61.1 Å². The first-order valence-electron chi connectivity index (χ1n) is 12.2. The predicted octanol–water partition coefficient (Wildman–Crippen LogP) is 4.15. The normalized spacial score (nSPS) is 24.4. The zero-order valence-electron chi connectivity index (χ0n) is 19.4. The molecule has 3 saturated heterocycles. The van der Waals surface area contributed by atoms with Crippen LogP contribution in [0.15, 0.2) is 49.2 Å². The fourth-order valence-corrected chi connectivity index (χ4v) is 6.22. The number of aromatic amines is 1. The van der Waals surface area contributed by atoms with Crippen molar-refractivity contribution in [2.45, 2.75) is 43.8 Å². The molecule has 36 heavy (non-hydrogen) atoms. The minimum Gasteiger partial charge on any atom is -0.346 e. The van der Waals surface area contributed by atoms with Gasteiger partial charge in [-0.3, -0.25) is 14.4 Å². The number of piperidine rings is 1. The number of fused-ring (bicyclic) bond motifs is 3. The van der Waals surface area contributed by atoms with Crippen molar-refractivity contribution in [1.29, 1.82) is 0 Å². The molecule has 3 aliphatic rings. The van der Waals surface area contributed by atoms with E-state index in [1.165, 1.54) is 18.2 Å². The highest BCUT2D eigenvalue weighted by Crippen LogP contribution is 2.41. The van der Waals surface area contributed by atoms with Crippen molar-refractivity contribution in [3.8, 4) is 11.3 Å². The Morgan fingerprint density at radius 3 is 2.67 bits per heavy atom. The average Bonchev–Trinajstić information content (AvgIpc) is 3.58. The van der Waals surface area contributed by atoms with Crippen molar-refractivity contribution in [3.05, 3.63) is 71.6 Å². The Hall–Kier alpha value is -3.30. The number of nitrogens with one attached hydrogen (secondary N) is 1. The van der Waals surface area contributed by atoms with Crippen LogP contribution in [0.3, 0.4) is 0 Å².